The second-order valence-electron chi connectivity index (χ2n) is 3.66. The Morgan fingerprint density at radius 2 is 1.47 bits per heavy atom. The van der Waals surface area contributed by atoms with Crippen LogP contribution >= 0.6 is 0 Å². The Kier molecular flexibility index (Phi) is 3.19. The summed E-state index contributed by atoms with van der Waals surface area (Å²) >= 11 is 0. The van der Waals surface area contributed by atoms with Crippen LogP contribution in [0.25, 0.3) is 4.85 Å². The highest BCUT2D eigenvalue weighted by atomic mass is 14.9. The molecule has 1 aromatic carbocycles. The van der Waals surface area contributed by atoms with E-state index in [4.69, 9.17) is 6.57 Å². The second kappa shape index (κ2) is 4.96. The summed E-state index contributed by atoms with van der Waals surface area (Å²) in [6.45, 7) is 6.86. The molecule has 17 heavy (non-hydrogen) atoms. The van der Waals surface area contributed by atoms with Gasteiger partial charge < -0.3 is 0 Å². The van der Waals surface area contributed by atoms with Gasteiger partial charge in [0.05, 0.1) is 6.57 Å². The molecule has 80 valence electrons. The van der Waals surface area contributed by atoms with Crippen LogP contribution in [0.15, 0.2) is 48.8 Å². The maximum atomic E-state index is 6.86. The molecule has 0 saturated carbocycles. The van der Waals surface area contributed by atoms with Gasteiger partial charge in [-0.15, -0.1) is 0 Å². The van der Waals surface area contributed by atoms with Gasteiger partial charge in [0.15, 0.2) is 18.1 Å². The second-order valence-corrected chi connectivity index (χ2v) is 3.66. The van der Waals surface area contributed by atoms with Crippen LogP contribution in [0, 0.1) is 18.4 Å². The summed E-state index contributed by atoms with van der Waals surface area (Å²) in [6, 6.07) is 11.2. The van der Waals surface area contributed by atoms with Gasteiger partial charge in [0.25, 0.3) is 0 Å². The fraction of sp³-hybridized carbons (Fsp3) is 0.0667. The summed E-state index contributed by atoms with van der Waals surface area (Å²) in [7, 11) is 1.97. The summed E-state index contributed by atoms with van der Waals surface area (Å²) in [5.74, 6) is 6.15. The quantitative estimate of drug-likeness (QED) is 0.365. The smallest absolute Gasteiger partial charge is 0.187 e. The first-order valence-electron chi connectivity index (χ1n) is 5.23. The van der Waals surface area contributed by atoms with E-state index in [1.165, 1.54) is 0 Å². The lowest BCUT2D eigenvalue weighted by molar-refractivity contribution is -0.671. The molecule has 0 bridgehead atoms. The molecule has 0 spiro atoms. The Labute approximate surface area is 101 Å². The molecule has 2 rings (SSSR count). The molecule has 0 atom stereocenters. The Hall–Kier alpha value is -2.58. The highest BCUT2D eigenvalue weighted by Gasteiger charge is 1.92. The van der Waals surface area contributed by atoms with E-state index in [9.17, 15) is 0 Å². The average Bonchev–Trinajstić information content (AvgIpc) is 2.39. The number of hydrogen-bond acceptors (Lipinski definition) is 0. The van der Waals surface area contributed by atoms with Crippen LogP contribution in [0.3, 0.4) is 0 Å². The Morgan fingerprint density at radius 3 is 2.00 bits per heavy atom. The van der Waals surface area contributed by atoms with Crippen molar-refractivity contribution >= 4 is 5.69 Å². The fourth-order valence-electron chi connectivity index (χ4n) is 1.35. The predicted molar refractivity (Wildman–Crippen MR) is 66.3 cm³/mol. The van der Waals surface area contributed by atoms with Gasteiger partial charge in [-0.05, 0) is 0 Å². The molecule has 2 nitrogen and oxygen atoms in total. The Morgan fingerprint density at radius 1 is 0.941 bits per heavy atom. The van der Waals surface area contributed by atoms with Crippen molar-refractivity contribution in [2.75, 3.05) is 0 Å². The molecule has 0 unspecified atom stereocenters. The first-order valence-corrected chi connectivity index (χ1v) is 5.23. The highest BCUT2D eigenvalue weighted by Crippen LogP contribution is 2.11. The third-order valence-electron chi connectivity index (χ3n) is 2.33. The zero-order valence-corrected chi connectivity index (χ0v) is 9.51. The SMILES string of the molecule is [C-]#[N+]c1ccc(C#Cc2cc[n+](C)cc2)cc1. The molecule has 0 saturated heterocycles. The molecular formula is C15H11N2+. The van der Waals surface area contributed by atoms with Crippen LogP contribution in [0.2, 0.25) is 0 Å². The van der Waals surface area contributed by atoms with Crippen molar-refractivity contribution in [3.8, 4) is 11.8 Å². The van der Waals surface area contributed by atoms with Crippen LogP contribution in [0.5, 0.6) is 0 Å². The van der Waals surface area contributed by atoms with Crippen LogP contribution < -0.4 is 4.57 Å². The lowest BCUT2D eigenvalue weighted by Crippen LogP contribution is -2.25. The van der Waals surface area contributed by atoms with Gasteiger partial charge in [-0.25, -0.2) is 9.41 Å². The third kappa shape index (κ3) is 2.93. The van der Waals surface area contributed by atoms with Crippen molar-refractivity contribution in [2.24, 2.45) is 7.05 Å². The minimum absolute atomic E-state index is 0.641. The van der Waals surface area contributed by atoms with Crippen molar-refractivity contribution in [2.45, 2.75) is 0 Å². The highest BCUT2D eigenvalue weighted by molar-refractivity contribution is 5.50. The van der Waals surface area contributed by atoms with Crippen LogP contribution in [0.4, 0.5) is 5.69 Å². The lowest BCUT2D eigenvalue weighted by Gasteiger charge is -1.90. The monoisotopic (exact) mass is 219 g/mol. The number of aryl methyl sites for hydroxylation is 1. The zero-order valence-electron chi connectivity index (χ0n) is 9.51. The van der Waals surface area contributed by atoms with Gasteiger partial charge in [0.1, 0.15) is 7.05 Å². The van der Waals surface area contributed by atoms with Crippen molar-refractivity contribution in [1.29, 1.82) is 0 Å². The van der Waals surface area contributed by atoms with Crippen molar-refractivity contribution in [1.82, 2.24) is 0 Å². The number of benzene rings is 1. The molecule has 0 amide bonds. The molecule has 0 radical (unpaired) electrons. The maximum Gasteiger partial charge on any atom is 0.187 e. The Bertz CT molecular complexity index is 605. The number of pyridine rings is 1. The number of rotatable bonds is 0. The van der Waals surface area contributed by atoms with E-state index < -0.39 is 0 Å². The van der Waals surface area contributed by atoms with Crippen molar-refractivity contribution in [3.63, 3.8) is 0 Å². The number of hydrogen-bond donors (Lipinski definition) is 0. The van der Waals surface area contributed by atoms with Gasteiger partial charge in [-0.2, -0.15) is 0 Å². The van der Waals surface area contributed by atoms with E-state index in [-0.39, 0.29) is 0 Å². The summed E-state index contributed by atoms with van der Waals surface area (Å²) < 4.78 is 1.97. The van der Waals surface area contributed by atoms with E-state index in [0.29, 0.717) is 5.69 Å². The summed E-state index contributed by atoms with van der Waals surface area (Å²) in [6.07, 6.45) is 3.93. The normalized spacial score (nSPS) is 8.94. The van der Waals surface area contributed by atoms with Crippen LogP contribution in [-0.2, 0) is 7.05 Å². The van der Waals surface area contributed by atoms with E-state index >= 15 is 0 Å². The molecule has 0 aliphatic rings. The third-order valence-corrected chi connectivity index (χ3v) is 2.33. The number of aromatic nitrogens is 1. The molecular weight excluding hydrogens is 208 g/mol. The molecule has 1 heterocycles. The topological polar surface area (TPSA) is 8.24 Å². The molecule has 0 aliphatic heterocycles. The molecule has 0 aliphatic carbocycles. The minimum atomic E-state index is 0.641. The first kappa shape index (κ1) is 10.9. The van der Waals surface area contributed by atoms with Crippen LogP contribution in [-0.4, -0.2) is 0 Å². The Balaban J connectivity index is 2.21. The van der Waals surface area contributed by atoms with E-state index in [2.05, 4.69) is 16.7 Å². The molecule has 0 fully saturated rings. The lowest BCUT2D eigenvalue weighted by atomic mass is 10.2. The van der Waals surface area contributed by atoms with E-state index in [0.717, 1.165) is 11.1 Å². The number of nitrogens with zero attached hydrogens (tertiary/aromatic N) is 2. The molecule has 2 aromatic rings. The largest absolute Gasteiger partial charge is 0.238 e. The molecule has 0 N–H and O–H groups in total. The van der Waals surface area contributed by atoms with Gasteiger partial charge in [-0.3, -0.25) is 0 Å². The van der Waals surface area contributed by atoms with E-state index in [1.54, 1.807) is 12.1 Å². The first-order chi connectivity index (χ1) is 8.28. The molecule has 1 aromatic heterocycles. The summed E-state index contributed by atoms with van der Waals surface area (Å²) in [4.78, 5) is 3.34. The van der Waals surface area contributed by atoms with Crippen LogP contribution in [0.1, 0.15) is 11.1 Å². The van der Waals surface area contributed by atoms with Gasteiger partial charge in [0.2, 0.25) is 0 Å². The molecule has 2 heteroatoms. The van der Waals surface area contributed by atoms with Crippen molar-refractivity contribution in [3.05, 3.63) is 71.3 Å². The summed E-state index contributed by atoms with van der Waals surface area (Å²) in [5, 5.41) is 0. The van der Waals surface area contributed by atoms with Gasteiger partial charge >= 0.3 is 0 Å². The van der Waals surface area contributed by atoms with E-state index in [1.807, 2.05) is 48.3 Å². The van der Waals surface area contributed by atoms with Crippen molar-refractivity contribution < 1.29 is 4.57 Å². The fourth-order valence-corrected chi connectivity index (χ4v) is 1.35. The average molecular weight is 219 g/mol. The predicted octanol–water partition coefficient (Wildman–Crippen LogP) is 2.46. The zero-order chi connectivity index (χ0) is 12.1. The minimum Gasteiger partial charge on any atom is -0.238 e. The maximum absolute atomic E-state index is 6.86. The van der Waals surface area contributed by atoms with Gasteiger partial charge in [0, 0.05) is 23.3 Å². The standard InChI is InChI=1S/C15H11N2/c1-16-15-7-5-13(6-8-15)3-4-14-9-11-17(2)12-10-14/h5-12H,2H3/q+1. The summed E-state index contributed by atoms with van der Waals surface area (Å²) in [5.41, 5.74) is 2.55. The van der Waals surface area contributed by atoms with Gasteiger partial charge in [-0.1, -0.05) is 36.1 Å².